The van der Waals surface area contributed by atoms with Crippen LogP contribution < -0.4 is 14.8 Å². The van der Waals surface area contributed by atoms with E-state index in [1.54, 1.807) is 24.9 Å². The first-order valence-electron chi connectivity index (χ1n) is 11.3. The minimum absolute atomic E-state index is 0.0446. The summed E-state index contributed by atoms with van der Waals surface area (Å²) >= 11 is 1.56. The van der Waals surface area contributed by atoms with Gasteiger partial charge in [-0.2, -0.15) is 0 Å². The normalized spacial score (nSPS) is 19.0. The molecule has 1 unspecified atom stereocenters. The summed E-state index contributed by atoms with van der Waals surface area (Å²) in [7, 11) is 1.65. The third-order valence-corrected chi connectivity index (χ3v) is 6.84. The first-order valence-corrected chi connectivity index (χ1v) is 12.2. The molecule has 1 N–H and O–H groups in total. The van der Waals surface area contributed by atoms with Crippen molar-refractivity contribution in [3.05, 3.63) is 65.7 Å². The number of hydrogen-bond acceptors (Lipinski definition) is 5. The Balaban J connectivity index is 1.28. The molecule has 5 nitrogen and oxygen atoms in total. The van der Waals surface area contributed by atoms with Gasteiger partial charge < -0.3 is 14.8 Å². The topological polar surface area (TPSA) is 59.9 Å². The highest BCUT2D eigenvalue weighted by Gasteiger charge is 2.21. The maximum atomic E-state index is 12.4. The monoisotopic (exact) mass is 450 g/mol. The number of hydrogen-bond donors (Lipinski definition) is 1. The molecule has 2 aliphatic rings. The molecule has 6 heteroatoms. The van der Waals surface area contributed by atoms with Crippen LogP contribution in [0.2, 0.25) is 0 Å². The summed E-state index contributed by atoms with van der Waals surface area (Å²) in [5.74, 6) is 2.98. The second-order valence-electron chi connectivity index (χ2n) is 8.24. The maximum absolute atomic E-state index is 12.4. The Hall–Kier alpha value is -2.73. The van der Waals surface area contributed by atoms with E-state index in [-0.39, 0.29) is 11.9 Å². The van der Waals surface area contributed by atoms with Gasteiger partial charge in [-0.05, 0) is 60.2 Å². The number of thioether (sulfide) groups is 1. The second-order valence-corrected chi connectivity index (χ2v) is 9.25. The van der Waals surface area contributed by atoms with Gasteiger partial charge in [-0.3, -0.25) is 9.79 Å². The van der Waals surface area contributed by atoms with Gasteiger partial charge in [0.1, 0.15) is 11.5 Å². The molecule has 168 valence electrons. The van der Waals surface area contributed by atoms with Crippen LogP contribution in [-0.2, 0) is 4.79 Å². The number of aliphatic imine (C=N–C) groups is 1. The van der Waals surface area contributed by atoms with Crippen molar-refractivity contribution in [3.8, 4) is 11.5 Å². The molecule has 1 amide bonds. The number of rotatable bonds is 7. The molecule has 0 aromatic heterocycles. The van der Waals surface area contributed by atoms with Crippen molar-refractivity contribution in [2.24, 2.45) is 10.9 Å². The van der Waals surface area contributed by atoms with Crippen molar-refractivity contribution in [1.29, 1.82) is 0 Å². The molecular formula is C26H30N2O3S. The van der Waals surface area contributed by atoms with Crippen molar-refractivity contribution in [1.82, 2.24) is 5.32 Å². The highest BCUT2D eigenvalue weighted by molar-refractivity contribution is 8.14. The summed E-state index contributed by atoms with van der Waals surface area (Å²) < 4.78 is 11.2. The third kappa shape index (κ3) is 6.39. The second kappa shape index (κ2) is 11.2. The van der Waals surface area contributed by atoms with Crippen LogP contribution in [0.25, 0.3) is 6.08 Å². The molecule has 1 aliphatic carbocycles. The molecule has 0 spiro atoms. The van der Waals surface area contributed by atoms with Gasteiger partial charge in [0.05, 0.1) is 19.8 Å². The standard InChI is InChI=1S/C26H30N2O3S/c1-30-22-13-11-21(12-14-22)24-18-32-26(27-24)28-25(29)15-10-19-8-5-9-23(16-19)31-17-20-6-3-2-4-7-20/h5,8-16,20,24H,2-4,6-7,17-18H2,1H3,(H,27,28,29)/b15-10+. The summed E-state index contributed by atoms with van der Waals surface area (Å²) in [6.45, 7) is 0.778. The van der Waals surface area contributed by atoms with E-state index in [0.717, 1.165) is 35.0 Å². The molecule has 1 atom stereocenters. The van der Waals surface area contributed by atoms with Crippen LogP contribution in [0.1, 0.15) is 49.3 Å². The van der Waals surface area contributed by atoms with Crippen LogP contribution in [0.15, 0.2) is 59.6 Å². The Kier molecular flexibility index (Phi) is 7.88. The molecule has 2 aromatic rings. The summed E-state index contributed by atoms with van der Waals surface area (Å²) in [4.78, 5) is 17.0. The average Bonchev–Trinajstić information content (AvgIpc) is 3.31. The highest BCUT2D eigenvalue weighted by atomic mass is 32.2. The van der Waals surface area contributed by atoms with Gasteiger partial charge in [-0.25, -0.2) is 0 Å². The van der Waals surface area contributed by atoms with Crippen LogP contribution in [-0.4, -0.2) is 30.5 Å². The number of amidine groups is 1. The predicted molar refractivity (Wildman–Crippen MR) is 131 cm³/mol. The predicted octanol–water partition coefficient (Wildman–Crippen LogP) is 5.63. The molecule has 0 radical (unpaired) electrons. The first-order chi connectivity index (χ1) is 15.7. The van der Waals surface area contributed by atoms with Crippen LogP contribution in [0.5, 0.6) is 11.5 Å². The zero-order chi connectivity index (χ0) is 22.2. The quantitative estimate of drug-likeness (QED) is 0.556. The summed E-state index contributed by atoms with van der Waals surface area (Å²) in [6, 6.07) is 15.8. The lowest BCUT2D eigenvalue weighted by Crippen LogP contribution is -2.25. The number of nitrogens with zero attached hydrogens (tertiary/aromatic N) is 1. The van der Waals surface area contributed by atoms with E-state index < -0.39 is 0 Å². The molecule has 32 heavy (non-hydrogen) atoms. The van der Waals surface area contributed by atoms with Gasteiger partial charge in [0.2, 0.25) is 5.91 Å². The first kappa shape index (κ1) is 22.5. The Bertz CT molecular complexity index is 965. The zero-order valence-corrected chi connectivity index (χ0v) is 19.3. The molecular weight excluding hydrogens is 420 g/mol. The minimum atomic E-state index is -0.180. The van der Waals surface area contributed by atoms with Gasteiger partial charge in [0.25, 0.3) is 0 Å². The lowest BCUT2D eigenvalue weighted by atomic mass is 9.90. The smallest absolute Gasteiger partial charge is 0.249 e. The molecule has 1 heterocycles. The molecule has 1 aliphatic heterocycles. The fourth-order valence-electron chi connectivity index (χ4n) is 4.03. The fraction of sp³-hybridized carbons (Fsp3) is 0.385. The molecule has 4 rings (SSSR count). The van der Waals surface area contributed by atoms with Crippen molar-refractivity contribution in [2.45, 2.75) is 38.1 Å². The third-order valence-electron chi connectivity index (χ3n) is 5.88. The molecule has 0 saturated heterocycles. The average molecular weight is 451 g/mol. The number of carbonyl (C=O) groups excluding carboxylic acids is 1. The van der Waals surface area contributed by atoms with Crippen molar-refractivity contribution in [3.63, 3.8) is 0 Å². The van der Waals surface area contributed by atoms with Crippen LogP contribution >= 0.6 is 11.8 Å². The Morgan fingerprint density at radius 2 is 1.94 bits per heavy atom. The largest absolute Gasteiger partial charge is 0.497 e. The number of amides is 1. The van der Waals surface area contributed by atoms with Crippen LogP contribution in [0.3, 0.4) is 0 Å². The van der Waals surface area contributed by atoms with Gasteiger partial charge in [0, 0.05) is 11.8 Å². The minimum Gasteiger partial charge on any atom is -0.497 e. The van der Waals surface area contributed by atoms with Gasteiger partial charge in [0.15, 0.2) is 5.17 Å². The fourth-order valence-corrected chi connectivity index (χ4v) is 4.99. The molecule has 1 fully saturated rings. The van der Waals surface area contributed by atoms with Gasteiger partial charge in [-0.15, -0.1) is 0 Å². The lowest BCUT2D eigenvalue weighted by Gasteiger charge is -2.21. The van der Waals surface area contributed by atoms with Crippen molar-refractivity contribution in [2.75, 3.05) is 19.5 Å². The van der Waals surface area contributed by atoms with Crippen LogP contribution in [0.4, 0.5) is 0 Å². The van der Waals surface area contributed by atoms with E-state index >= 15 is 0 Å². The molecule has 2 aromatic carbocycles. The summed E-state index contributed by atoms with van der Waals surface area (Å²) in [5, 5.41) is 3.54. The van der Waals surface area contributed by atoms with Gasteiger partial charge >= 0.3 is 0 Å². The lowest BCUT2D eigenvalue weighted by molar-refractivity contribution is -0.115. The highest BCUT2D eigenvalue weighted by Crippen LogP contribution is 2.30. The Morgan fingerprint density at radius 1 is 1.12 bits per heavy atom. The van der Waals surface area contributed by atoms with Crippen molar-refractivity contribution < 1.29 is 14.3 Å². The van der Waals surface area contributed by atoms with Crippen LogP contribution in [0, 0.1) is 5.92 Å². The summed E-state index contributed by atoms with van der Waals surface area (Å²) in [5.41, 5.74) is 2.06. The number of nitrogens with one attached hydrogen (secondary N) is 1. The van der Waals surface area contributed by atoms with E-state index in [1.165, 1.54) is 32.1 Å². The number of benzene rings is 2. The van der Waals surface area contributed by atoms with E-state index in [9.17, 15) is 4.79 Å². The zero-order valence-electron chi connectivity index (χ0n) is 18.5. The Morgan fingerprint density at radius 3 is 2.72 bits per heavy atom. The molecule has 1 saturated carbocycles. The molecule has 0 bridgehead atoms. The Labute approximate surface area is 194 Å². The van der Waals surface area contributed by atoms with E-state index in [4.69, 9.17) is 9.47 Å². The number of carbonyl (C=O) groups is 1. The van der Waals surface area contributed by atoms with E-state index in [0.29, 0.717) is 11.1 Å². The summed E-state index contributed by atoms with van der Waals surface area (Å²) in [6.07, 6.45) is 9.87. The number of ether oxygens (including phenoxy) is 2. The SMILES string of the molecule is COc1ccc(C2CSC(NC(=O)/C=C/c3cccc(OCC4CCCCC4)c3)=N2)cc1. The number of methoxy groups -OCH3 is 1. The maximum Gasteiger partial charge on any atom is 0.249 e. The van der Waals surface area contributed by atoms with E-state index in [2.05, 4.69) is 10.3 Å². The van der Waals surface area contributed by atoms with E-state index in [1.807, 2.05) is 54.6 Å². The van der Waals surface area contributed by atoms with Gasteiger partial charge in [-0.1, -0.05) is 55.3 Å². The van der Waals surface area contributed by atoms with Crippen molar-refractivity contribution >= 4 is 28.9 Å².